The van der Waals surface area contributed by atoms with E-state index in [9.17, 15) is 9.59 Å². The SMILES string of the molecule is COc1ccc(C)cc1NC(=O)c1cc(C(=O)Nc2ccc(C)cc2)ccn1. The summed E-state index contributed by atoms with van der Waals surface area (Å²) in [6.45, 7) is 3.89. The molecule has 0 spiro atoms. The van der Waals surface area contributed by atoms with E-state index in [-0.39, 0.29) is 11.6 Å². The van der Waals surface area contributed by atoms with Crippen LogP contribution in [0.3, 0.4) is 0 Å². The quantitative estimate of drug-likeness (QED) is 0.700. The lowest BCUT2D eigenvalue weighted by atomic mass is 10.1. The maximum atomic E-state index is 12.6. The Morgan fingerprint density at radius 2 is 1.57 bits per heavy atom. The Morgan fingerprint density at radius 3 is 2.29 bits per heavy atom. The molecule has 0 saturated carbocycles. The summed E-state index contributed by atoms with van der Waals surface area (Å²) < 4.78 is 5.27. The molecule has 6 heteroatoms. The zero-order chi connectivity index (χ0) is 20.1. The van der Waals surface area contributed by atoms with Crippen LogP contribution in [0.4, 0.5) is 11.4 Å². The Labute approximate surface area is 163 Å². The van der Waals surface area contributed by atoms with Crippen molar-refractivity contribution in [3.05, 3.63) is 83.2 Å². The molecule has 0 unspecified atom stereocenters. The van der Waals surface area contributed by atoms with Gasteiger partial charge in [0.15, 0.2) is 0 Å². The van der Waals surface area contributed by atoms with Crippen LogP contribution in [-0.4, -0.2) is 23.9 Å². The minimum absolute atomic E-state index is 0.139. The molecule has 1 aromatic heterocycles. The van der Waals surface area contributed by atoms with Crippen LogP contribution in [0.15, 0.2) is 60.8 Å². The lowest BCUT2D eigenvalue weighted by molar-refractivity contribution is 0.102. The maximum Gasteiger partial charge on any atom is 0.274 e. The summed E-state index contributed by atoms with van der Waals surface area (Å²) in [6, 6.07) is 16.0. The fourth-order valence-corrected chi connectivity index (χ4v) is 2.64. The van der Waals surface area contributed by atoms with Crippen LogP contribution in [0.25, 0.3) is 0 Å². The second-order valence-electron chi connectivity index (χ2n) is 6.41. The normalized spacial score (nSPS) is 10.2. The Hall–Kier alpha value is -3.67. The standard InChI is InChI=1S/C22H21N3O3/c1-14-4-7-17(8-5-14)24-21(26)16-10-11-23-19(13-16)22(27)25-18-12-15(2)6-9-20(18)28-3/h4-13H,1-3H3,(H,24,26)(H,25,27). The van der Waals surface area contributed by atoms with Crippen LogP contribution in [0.5, 0.6) is 5.75 Å². The van der Waals surface area contributed by atoms with Gasteiger partial charge in [-0.2, -0.15) is 0 Å². The molecule has 0 radical (unpaired) electrons. The van der Waals surface area contributed by atoms with Crippen molar-refractivity contribution < 1.29 is 14.3 Å². The molecule has 6 nitrogen and oxygen atoms in total. The Kier molecular flexibility index (Phi) is 5.69. The molecule has 0 fully saturated rings. The predicted molar refractivity (Wildman–Crippen MR) is 109 cm³/mol. The van der Waals surface area contributed by atoms with E-state index in [4.69, 9.17) is 4.74 Å². The van der Waals surface area contributed by atoms with Crippen molar-refractivity contribution in [1.82, 2.24) is 4.98 Å². The van der Waals surface area contributed by atoms with Crippen molar-refractivity contribution in [2.24, 2.45) is 0 Å². The van der Waals surface area contributed by atoms with Gasteiger partial charge in [-0.25, -0.2) is 0 Å². The van der Waals surface area contributed by atoms with Gasteiger partial charge in [0.25, 0.3) is 11.8 Å². The minimum Gasteiger partial charge on any atom is -0.495 e. The third-order valence-electron chi connectivity index (χ3n) is 4.17. The summed E-state index contributed by atoms with van der Waals surface area (Å²) >= 11 is 0. The number of anilines is 2. The topological polar surface area (TPSA) is 80.3 Å². The van der Waals surface area contributed by atoms with Gasteiger partial charge in [0.1, 0.15) is 11.4 Å². The molecule has 142 valence electrons. The number of hydrogen-bond acceptors (Lipinski definition) is 4. The average molecular weight is 375 g/mol. The van der Waals surface area contributed by atoms with Crippen molar-refractivity contribution in [2.75, 3.05) is 17.7 Å². The molecule has 3 rings (SSSR count). The number of ether oxygens (including phenoxy) is 1. The number of carbonyl (C=O) groups is 2. The maximum absolute atomic E-state index is 12.6. The smallest absolute Gasteiger partial charge is 0.274 e. The first-order valence-electron chi connectivity index (χ1n) is 8.76. The molecule has 3 aromatic rings. The van der Waals surface area contributed by atoms with Crippen molar-refractivity contribution in [3.8, 4) is 5.75 Å². The molecular weight excluding hydrogens is 354 g/mol. The fourth-order valence-electron chi connectivity index (χ4n) is 2.64. The number of nitrogens with zero attached hydrogens (tertiary/aromatic N) is 1. The monoisotopic (exact) mass is 375 g/mol. The third kappa shape index (κ3) is 4.54. The number of nitrogens with one attached hydrogen (secondary N) is 2. The zero-order valence-electron chi connectivity index (χ0n) is 15.9. The fraction of sp³-hybridized carbons (Fsp3) is 0.136. The van der Waals surface area contributed by atoms with Gasteiger partial charge in [0.2, 0.25) is 0 Å². The molecule has 2 N–H and O–H groups in total. The van der Waals surface area contributed by atoms with Gasteiger partial charge in [-0.15, -0.1) is 0 Å². The lowest BCUT2D eigenvalue weighted by Crippen LogP contribution is -2.17. The minimum atomic E-state index is -0.422. The molecule has 0 aliphatic carbocycles. The zero-order valence-corrected chi connectivity index (χ0v) is 15.9. The van der Waals surface area contributed by atoms with Gasteiger partial charge in [-0.1, -0.05) is 23.8 Å². The predicted octanol–water partition coefficient (Wildman–Crippen LogP) is 4.21. The van der Waals surface area contributed by atoms with E-state index >= 15 is 0 Å². The van der Waals surface area contributed by atoms with Crippen LogP contribution in [0.1, 0.15) is 32.0 Å². The van der Waals surface area contributed by atoms with Crippen LogP contribution in [0, 0.1) is 13.8 Å². The first kappa shape index (κ1) is 19.1. The van der Waals surface area contributed by atoms with Gasteiger partial charge < -0.3 is 15.4 Å². The number of rotatable bonds is 5. The molecule has 0 bridgehead atoms. The highest BCUT2D eigenvalue weighted by atomic mass is 16.5. The first-order chi connectivity index (χ1) is 13.5. The average Bonchev–Trinajstić information content (AvgIpc) is 2.70. The third-order valence-corrected chi connectivity index (χ3v) is 4.17. The molecule has 2 amide bonds. The largest absolute Gasteiger partial charge is 0.495 e. The number of carbonyl (C=O) groups excluding carboxylic acids is 2. The molecule has 0 aliphatic heterocycles. The van der Waals surface area contributed by atoms with Crippen LogP contribution >= 0.6 is 0 Å². The highest BCUT2D eigenvalue weighted by Gasteiger charge is 2.14. The molecule has 0 saturated heterocycles. The summed E-state index contributed by atoms with van der Waals surface area (Å²) in [5, 5.41) is 5.59. The number of benzene rings is 2. The number of amides is 2. The summed E-state index contributed by atoms with van der Waals surface area (Å²) in [6.07, 6.45) is 1.44. The van der Waals surface area contributed by atoms with Crippen LogP contribution in [0.2, 0.25) is 0 Å². The molecule has 1 heterocycles. The van der Waals surface area contributed by atoms with E-state index in [1.165, 1.54) is 19.4 Å². The number of aromatic nitrogens is 1. The van der Waals surface area contributed by atoms with E-state index in [0.717, 1.165) is 11.1 Å². The van der Waals surface area contributed by atoms with E-state index in [1.54, 1.807) is 12.1 Å². The molecule has 0 aliphatic rings. The first-order valence-corrected chi connectivity index (χ1v) is 8.76. The van der Waals surface area contributed by atoms with E-state index in [2.05, 4.69) is 15.6 Å². The Balaban J connectivity index is 1.77. The van der Waals surface area contributed by atoms with E-state index < -0.39 is 5.91 Å². The van der Waals surface area contributed by atoms with Gasteiger partial charge >= 0.3 is 0 Å². The summed E-state index contributed by atoms with van der Waals surface area (Å²) in [5.41, 5.74) is 3.80. The summed E-state index contributed by atoms with van der Waals surface area (Å²) in [7, 11) is 1.54. The van der Waals surface area contributed by atoms with Crippen molar-refractivity contribution in [1.29, 1.82) is 0 Å². The van der Waals surface area contributed by atoms with E-state index in [1.807, 2.05) is 50.2 Å². The van der Waals surface area contributed by atoms with Gasteiger partial charge in [-0.3, -0.25) is 14.6 Å². The van der Waals surface area contributed by atoms with E-state index in [0.29, 0.717) is 22.7 Å². The second-order valence-corrected chi connectivity index (χ2v) is 6.41. The summed E-state index contributed by atoms with van der Waals surface area (Å²) in [5.74, 6) is -0.186. The number of aryl methyl sites for hydroxylation is 2. The highest BCUT2D eigenvalue weighted by Crippen LogP contribution is 2.25. The Bertz CT molecular complexity index is 1010. The van der Waals surface area contributed by atoms with Crippen molar-refractivity contribution in [3.63, 3.8) is 0 Å². The van der Waals surface area contributed by atoms with Crippen LogP contribution < -0.4 is 15.4 Å². The summed E-state index contributed by atoms with van der Waals surface area (Å²) in [4.78, 5) is 29.2. The van der Waals surface area contributed by atoms with Crippen LogP contribution in [-0.2, 0) is 0 Å². The van der Waals surface area contributed by atoms with Crippen molar-refractivity contribution in [2.45, 2.75) is 13.8 Å². The number of methoxy groups -OCH3 is 1. The highest BCUT2D eigenvalue weighted by molar-refractivity contribution is 6.08. The number of hydrogen-bond donors (Lipinski definition) is 2. The molecular formula is C22H21N3O3. The second kappa shape index (κ2) is 8.35. The molecule has 2 aromatic carbocycles. The number of pyridine rings is 1. The van der Waals surface area contributed by atoms with Crippen molar-refractivity contribution >= 4 is 23.2 Å². The van der Waals surface area contributed by atoms with Gasteiger partial charge in [-0.05, 0) is 55.8 Å². The van der Waals surface area contributed by atoms with Gasteiger partial charge in [0.05, 0.1) is 12.8 Å². The lowest BCUT2D eigenvalue weighted by Gasteiger charge is -2.11. The Morgan fingerprint density at radius 1 is 0.857 bits per heavy atom. The van der Waals surface area contributed by atoms with Gasteiger partial charge in [0, 0.05) is 17.4 Å². The molecule has 0 atom stereocenters. The molecule has 28 heavy (non-hydrogen) atoms.